The van der Waals surface area contributed by atoms with Crippen LogP contribution in [0, 0.1) is 18.3 Å². The molecule has 0 amide bonds. The summed E-state index contributed by atoms with van der Waals surface area (Å²) in [5.74, 6) is 0. The predicted molar refractivity (Wildman–Crippen MR) is 77.7 cm³/mol. The lowest BCUT2D eigenvalue weighted by atomic mass is 10.1. The Labute approximate surface area is 116 Å². The molecule has 1 heterocycles. The summed E-state index contributed by atoms with van der Waals surface area (Å²) in [5.41, 5.74) is 2.66. The number of hydrogen-bond donors (Lipinski definition) is 1. The average molecular weight is 257 g/mol. The van der Waals surface area contributed by atoms with E-state index in [1.165, 1.54) is 11.1 Å². The zero-order valence-electron chi connectivity index (χ0n) is 11.9. The summed E-state index contributed by atoms with van der Waals surface area (Å²) in [4.78, 5) is 2.46. The summed E-state index contributed by atoms with van der Waals surface area (Å²) in [6.07, 6.45) is 1.74. The number of nitriles is 1. The second-order valence-corrected chi connectivity index (χ2v) is 5.64. The first-order chi connectivity index (χ1) is 9.17. The quantitative estimate of drug-likeness (QED) is 0.904. The van der Waals surface area contributed by atoms with Crippen molar-refractivity contribution >= 4 is 0 Å². The first kappa shape index (κ1) is 14.0. The van der Waals surface area contributed by atoms with E-state index in [1.54, 1.807) is 0 Å². The van der Waals surface area contributed by atoms with Crippen molar-refractivity contribution in [2.75, 3.05) is 13.1 Å². The molecule has 1 aliphatic heterocycles. The highest BCUT2D eigenvalue weighted by atomic mass is 15.2. The number of nitrogens with one attached hydrogen (secondary N) is 1. The van der Waals surface area contributed by atoms with Crippen LogP contribution in [-0.2, 0) is 6.54 Å². The van der Waals surface area contributed by atoms with Crippen LogP contribution in [0.3, 0.4) is 0 Å². The van der Waals surface area contributed by atoms with Gasteiger partial charge < -0.3 is 5.32 Å². The van der Waals surface area contributed by atoms with E-state index in [4.69, 9.17) is 5.26 Å². The summed E-state index contributed by atoms with van der Waals surface area (Å²) in [7, 11) is 0. The molecule has 1 aromatic carbocycles. The minimum atomic E-state index is 0.299. The van der Waals surface area contributed by atoms with Gasteiger partial charge in [-0.2, -0.15) is 5.26 Å². The lowest BCUT2D eigenvalue weighted by molar-refractivity contribution is 0.260. The Morgan fingerprint density at radius 2 is 2.11 bits per heavy atom. The van der Waals surface area contributed by atoms with E-state index in [0.29, 0.717) is 18.5 Å². The number of nitrogens with zero attached hydrogens (tertiary/aromatic N) is 2. The molecule has 19 heavy (non-hydrogen) atoms. The molecule has 1 N–H and O–H groups in total. The number of aryl methyl sites for hydroxylation is 1. The fourth-order valence-corrected chi connectivity index (χ4v) is 2.65. The van der Waals surface area contributed by atoms with Crippen LogP contribution in [0.1, 0.15) is 30.9 Å². The van der Waals surface area contributed by atoms with Gasteiger partial charge in [0.1, 0.15) is 0 Å². The van der Waals surface area contributed by atoms with E-state index in [0.717, 1.165) is 26.1 Å². The maximum Gasteiger partial charge on any atom is 0.0638 e. The van der Waals surface area contributed by atoms with E-state index >= 15 is 0 Å². The van der Waals surface area contributed by atoms with E-state index < -0.39 is 0 Å². The van der Waals surface area contributed by atoms with Gasteiger partial charge in [0, 0.05) is 31.7 Å². The molecule has 1 aromatic rings. The van der Waals surface area contributed by atoms with E-state index in [-0.39, 0.29) is 0 Å². The molecular weight excluding hydrogens is 234 g/mol. The summed E-state index contributed by atoms with van der Waals surface area (Å²) >= 11 is 0. The van der Waals surface area contributed by atoms with Gasteiger partial charge in [0.2, 0.25) is 0 Å². The molecule has 1 aliphatic rings. The summed E-state index contributed by atoms with van der Waals surface area (Å²) < 4.78 is 0. The molecule has 3 heteroatoms. The second kappa shape index (κ2) is 6.70. The van der Waals surface area contributed by atoms with Crippen molar-refractivity contribution in [2.45, 2.75) is 45.3 Å². The van der Waals surface area contributed by atoms with Crippen LogP contribution in [0.2, 0.25) is 0 Å². The highest BCUT2D eigenvalue weighted by Gasteiger charge is 2.21. The lowest BCUT2D eigenvalue weighted by Gasteiger charge is -2.23. The predicted octanol–water partition coefficient (Wildman–Crippen LogP) is 2.46. The third-order valence-corrected chi connectivity index (χ3v) is 3.74. The van der Waals surface area contributed by atoms with Crippen molar-refractivity contribution in [2.24, 2.45) is 0 Å². The largest absolute Gasteiger partial charge is 0.309 e. The third kappa shape index (κ3) is 4.34. The molecule has 0 aromatic heterocycles. The second-order valence-electron chi connectivity index (χ2n) is 5.64. The molecule has 102 valence electrons. The smallest absolute Gasteiger partial charge is 0.0638 e. The Morgan fingerprint density at radius 3 is 2.79 bits per heavy atom. The van der Waals surface area contributed by atoms with Crippen molar-refractivity contribution in [1.29, 1.82) is 5.26 Å². The molecule has 2 atom stereocenters. The molecule has 0 bridgehead atoms. The average Bonchev–Trinajstić information content (AvgIpc) is 2.55. The van der Waals surface area contributed by atoms with Crippen molar-refractivity contribution in [1.82, 2.24) is 10.2 Å². The van der Waals surface area contributed by atoms with Crippen molar-refractivity contribution in [3.05, 3.63) is 35.4 Å². The Bertz CT molecular complexity index is 432. The third-order valence-electron chi connectivity index (χ3n) is 3.74. The number of rotatable bonds is 3. The molecule has 3 nitrogen and oxygen atoms in total. The first-order valence-corrected chi connectivity index (χ1v) is 7.08. The zero-order chi connectivity index (χ0) is 13.7. The highest BCUT2D eigenvalue weighted by Crippen LogP contribution is 2.12. The van der Waals surface area contributed by atoms with Crippen molar-refractivity contribution < 1.29 is 0 Å². The Kier molecular flexibility index (Phi) is 4.95. The molecule has 1 saturated heterocycles. The standard InChI is InChI=1S/C16H23N3/c1-13-3-5-15(6-4-13)11-19-10-8-14(2)18-16(12-19)7-9-17/h3-6,14,16,18H,7-8,10-12H2,1-2H3. The molecule has 0 spiro atoms. The molecule has 1 fully saturated rings. The van der Waals surface area contributed by atoms with Crippen molar-refractivity contribution in [3.8, 4) is 6.07 Å². The van der Waals surface area contributed by atoms with Gasteiger partial charge in [-0.1, -0.05) is 29.8 Å². The molecule has 0 saturated carbocycles. The van der Waals surface area contributed by atoms with Crippen LogP contribution in [-0.4, -0.2) is 30.1 Å². The van der Waals surface area contributed by atoms with Crippen LogP contribution in [0.4, 0.5) is 0 Å². The SMILES string of the molecule is Cc1ccc(CN2CCC(C)NC(CC#N)C2)cc1. The molecule has 0 radical (unpaired) electrons. The zero-order valence-corrected chi connectivity index (χ0v) is 11.9. The fourth-order valence-electron chi connectivity index (χ4n) is 2.65. The topological polar surface area (TPSA) is 39.1 Å². The normalized spacial score (nSPS) is 24.7. The maximum absolute atomic E-state index is 8.89. The fraction of sp³-hybridized carbons (Fsp3) is 0.562. The first-order valence-electron chi connectivity index (χ1n) is 7.08. The van der Waals surface area contributed by atoms with Crippen molar-refractivity contribution in [3.63, 3.8) is 0 Å². The summed E-state index contributed by atoms with van der Waals surface area (Å²) in [5, 5.41) is 12.4. The summed E-state index contributed by atoms with van der Waals surface area (Å²) in [6, 6.07) is 11.8. The van der Waals surface area contributed by atoms with E-state index in [9.17, 15) is 0 Å². The minimum absolute atomic E-state index is 0.299. The van der Waals surface area contributed by atoms with Crippen LogP contribution in [0.5, 0.6) is 0 Å². The Morgan fingerprint density at radius 1 is 1.37 bits per heavy atom. The molecular formula is C16H23N3. The van der Waals surface area contributed by atoms with Gasteiger partial charge in [0.25, 0.3) is 0 Å². The van der Waals surface area contributed by atoms with E-state index in [1.807, 2.05) is 0 Å². The van der Waals surface area contributed by atoms with Gasteiger partial charge in [0.05, 0.1) is 12.5 Å². The maximum atomic E-state index is 8.89. The monoisotopic (exact) mass is 257 g/mol. The Hall–Kier alpha value is -1.37. The minimum Gasteiger partial charge on any atom is -0.309 e. The van der Waals surface area contributed by atoms with Gasteiger partial charge in [-0.05, 0) is 25.8 Å². The van der Waals surface area contributed by atoms with Gasteiger partial charge in [-0.3, -0.25) is 4.90 Å². The lowest BCUT2D eigenvalue weighted by Crippen LogP contribution is -2.39. The molecule has 2 rings (SSSR count). The summed E-state index contributed by atoms with van der Waals surface area (Å²) in [6.45, 7) is 7.37. The molecule has 2 unspecified atom stereocenters. The highest BCUT2D eigenvalue weighted by molar-refractivity contribution is 5.21. The number of benzene rings is 1. The van der Waals surface area contributed by atoms with Crippen LogP contribution in [0.25, 0.3) is 0 Å². The van der Waals surface area contributed by atoms with Gasteiger partial charge in [-0.25, -0.2) is 0 Å². The van der Waals surface area contributed by atoms with Crippen LogP contribution < -0.4 is 5.32 Å². The van der Waals surface area contributed by atoms with E-state index in [2.05, 4.69) is 54.4 Å². The van der Waals surface area contributed by atoms with Gasteiger partial charge in [-0.15, -0.1) is 0 Å². The molecule has 0 aliphatic carbocycles. The number of hydrogen-bond acceptors (Lipinski definition) is 3. The van der Waals surface area contributed by atoms with Gasteiger partial charge in [0.15, 0.2) is 0 Å². The van der Waals surface area contributed by atoms with Crippen LogP contribution >= 0.6 is 0 Å². The Balaban J connectivity index is 1.98. The van der Waals surface area contributed by atoms with Crippen LogP contribution in [0.15, 0.2) is 24.3 Å². The van der Waals surface area contributed by atoms with Gasteiger partial charge >= 0.3 is 0 Å².